The molecule has 6 nitrogen and oxygen atoms in total. The van der Waals surface area contributed by atoms with Crippen molar-refractivity contribution >= 4 is 16.7 Å². The van der Waals surface area contributed by atoms with E-state index < -0.39 is 0 Å². The van der Waals surface area contributed by atoms with Gasteiger partial charge in [0.1, 0.15) is 5.82 Å². The van der Waals surface area contributed by atoms with E-state index in [0.717, 1.165) is 33.8 Å². The number of rotatable bonds is 1. The average molecular weight is 250 g/mol. The fourth-order valence-electron chi connectivity index (χ4n) is 2.13. The Bertz CT molecular complexity index is 888. The van der Waals surface area contributed by atoms with Gasteiger partial charge in [0.25, 0.3) is 0 Å². The Kier molecular flexibility index (Phi) is 1.94. The second kappa shape index (κ2) is 3.61. The molecule has 0 aliphatic rings. The van der Waals surface area contributed by atoms with Crippen molar-refractivity contribution in [3.63, 3.8) is 0 Å². The summed E-state index contributed by atoms with van der Waals surface area (Å²) in [6, 6.07) is 3.94. The molecule has 0 fully saturated rings. The van der Waals surface area contributed by atoms with Crippen molar-refractivity contribution < 1.29 is 0 Å². The molecule has 0 saturated heterocycles. The van der Waals surface area contributed by atoms with Crippen molar-refractivity contribution in [1.29, 1.82) is 0 Å². The molecule has 1 N–H and O–H groups in total. The molecule has 0 spiro atoms. The Morgan fingerprint density at radius 1 is 1.16 bits per heavy atom. The van der Waals surface area contributed by atoms with E-state index in [4.69, 9.17) is 0 Å². The highest BCUT2D eigenvalue weighted by molar-refractivity contribution is 5.81. The number of H-pyrrole nitrogens is 1. The zero-order chi connectivity index (χ0) is 12.8. The van der Waals surface area contributed by atoms with Crippen molar-refractivity contribution in [2.24, 2.45) is 0 Å². The number of aromatic amines is 1. The van der Waals surface area contributed by atoms with E-state index >= 15 is 0 Å². The number of hydrogen-bond donors (Lipinski definition) is 1. The van der Waals surface area contributed by atoms with Crippen LogP contribution >= 0.6 is 0 Å². The molecule has 4 heterocycles. The van der Waals surface area contributed by atoms with Crippen molar-refractivity contribution in [2.45, 2.75) is 6.92 Å². The second-order valence-electron chi connectivity index (χ2n) is 4.37. The highest BCUT2D eigenvalue weighted by Gasteiger charge is 2.11. The summed E-state index contributed by atoms with van der Waals surface area (Å²) in [6.07, 6.45) is 7.06. The largest absolute Gasteiger partial charge is 0.336 e. The molecule has 4 aromatic rings. The van der Waals surface area contributed by atoms with Crippen molar-refractivity contribution in [2.75, 3.05) is 0 Å². The van der Waals surface area contributed by atoms with Crippen molar-refractivity contribution in [3.05, 3.63) is 42.6 Å². The highest BCUT2D eigenvalue weighted by atomic mass is 15.2. The molecule has 92 valence electrons. The molecule has 0 saturated carbocycles. The molecule has 0 aromatic carbocycles. The van der Waals surface area contributed by atoms with Gasteiger partial charge in [0.2, 0.25) is 0 Å². The van der Waals surface area contributed by atoms with Crippen LogP contribution in [0.25, 0.3) is 28.1 Å². The number of aromatic nitrogens is 6. The van der Waals surface area contributed by atoms with Crippen LogP contribution in [0.3, 0.4) is 0 Å². The third kappa shape index (κ3) is 1.50. The van der Waals surface area contributed by atoms with E-state index in [1.807, 2.05) is 25.3 Å². The number of imidazole rings is 1. The third-order valence-corrected chi connectivity index (χ3v) is 3.07. The van der Waals surface area contributed by atoms with E-state index in [1.54, 1.807) is 23.1 Å². The molecule has 6 heteroatoms. The molecule has 4 rings (SSSR count). The van der Waals surface area contributed by atoms with Gasteiger partial charge in [-0.3, -0.25) is 4.98 Å². The zero-order valence-electron chi connectivity index (χ0n) is 10.2. The Hall–Kier alpha value is -2.76. The van der Waals surface area contributed by atoms with E-state index in [2.05, 4.69) is 25.0 Å². The molecule has 0 aliphatic heterocycles. The molecule has 0 bridgehead atoms. The normalized spacial score (nSPS) is 11.4. The van der Waals surface area contributed by atoms with Crippen molar-refractivity contribution in [1.82, 2.24) is 29.5 Å². The van der Waals surface area contributed by atoms with Gasteiger partial charge in [-0.15, -0.1) is 0 Å². The third-order valence-electron chi connectivity index (χ3n) is 3.07. The minimum atomic E-state index is 0.721. The van der Waals surface area contributed by atoms with Crippen LogP contribution < -0.4 is 0 Å². The van der Waals surface area contributed by atoms with E-state index in [-0.39, 0.29) is 0 Å². The van der Waals surface area contributed by atoms with Crippen LogP contribution in [0, 0.1) is 6.92 Å². The highest BCUT2D eigenvalue weighted by Crippen LogP contribution is 2.23. The summed E-state index contributed by atoms with van der Waals surface area (Å²) in [5.41, 5.74) is 4.43. The minimum absolute atomic E-state index is 0.721. The first-order chi connectivity index (χ1) is 9.31. The predicted octanol–water partition coefficient (Wildman–Crippen LogP) is 1.98. The predicted molar refractivity (Wildman–Crippen MR) is 70.6 cm³/mol. The number of fused-ring (bicyclic) bond motifs is 2. The standard InChI is InChI=1S/C13H10N6/c1-8-2-3-10-13(16-8)18-12(17-10)9-6-15-19-5-4-14-7-11(9)19/h2-7H,1H3,(H,16,17,18). The van der Waals surface area contributed by atoms with Gasteiger partial charge < -0.3 is 4.98 Å². The molecule has 19 heavy (non-hydrogen) atoms. The lowest BCUT2D eigenvalue weighted by atomic mass is 10.3. The zero-order valence-corrected chi connectivity index (χ0v) is 10.2. The van der Waals surface area contributed by atoms with Crippen LogP contribution in [0.1, 0.15) is 5.69 Å². The Morgan fingerprint density at radius 3 is 3.05 bits per heavy atom. The van der Waals surface area contributed by atoms with Crippen LogP contribution in [0.4, 0.5) is 0 Å². The quantitative estimate of drug-likeness (QED) is 0.560. The molecule has 0 unspecified atom stereocenters. The Balaban J connectivity index is 1.99. The summed E-state index contributed by atoms with van der Waals surface area (Å²) in [6.45, 7) is 1.95. The van der Waals surface area contributed by atoms with Gasteiger partial charge in [0, 0.05) is 18.1 Å². The summed E-state index contributed by atoms with van der Waals surface area (Å²) in [7, 11) is 0. The number of aryl methyl sites for hydroxylation is 1. The monoisotopic (exact) mass is 250 g/mol. The maximum Gasteiger partial charge on any atom is 0.178 e. The van der Waals surface area contributed by atoms with Gasteiger partial charge in [-0.2, -0.15) is 5.10 Å². The first kappa shape index (κ1) is 10.2. The maximum absolute atomic E-state index is 4.52. The summed E-state index contributed by atoms with van der Waals surface area (Å²) in [4.78, 5) is 16.3. The van der Waals surface area contributed by atoms with Crippen molar-refractivity contribution in [3.8, 4) is 11.4 Å². The average Bonchev–Trinajstić information content (AvgIpc) is 3.00. The lowest BCUT2D eigenvalue weighted by molar-refractivity contribution is 0.946. The van der Waals surface area contributed by atoms with Crippen LogP contribution in [0.15, 0.2) is 36.9 Å². The fourth-order valence-corrected chi connectivity index (χ4v) is 2.13. The van der Waals surface area contributed by atoms with Crippen LogP contribution in [0.2, 0.25) is 0 Å². The molecule has 0 aliphatic carbocycles. The van der Waals surface area contributed by atoms with Gasteiger partial charge in [0.05, 0.1) is 29.0 Å². The summed E-state index contributed by atoms with van der Waals surface area (Å²) in [5, 5.41) is 4.28. The summed E-state index contributed by atoms with van der Waals surface area (Å²) < 4.78 is 1.77. The fraction of sp³-hybridized carbons (Fsp3) is 0.0769. The number of nitrogens with zero attached hydrogens (tertiary/aromatic N) is 5. The molecule has 4 aromatic heterocycles. The number of nitrogens with one attached hydrogen (secondary N) is 1. The van der Waals surface area contributed by atoms with Crippen LogP contribution in [-0.2, 0) is 0 Å². The van der Waals surface area contributed by atoms with Gasteiger partial charge in [0.15, 0.2) is 5.65 Å². The van der Waals surface area contributed by atoms with Gasteiger partial charge in [-0.1, -0.05) is 0 Å². The SMILES string of the molecule is Cc1ccc2[nH]c(-c3cnn4ccncc34)nc2n1. The van der Waals surface area contributed by atoms with Gasteiger partial charge in [-0.05, 0) is 19.1 Å². The van der Waals surface area contributed by atoms with E-state index in [0.29, 0.717) is 0 Å². The Labute approximate surface area is 108 Å². The summed E-state index contributed by atoms with van der Waals surface area (Å²) in [5.74, 6) is 0.760. The molecule has 0 amide bonds. The van der Waals surface area contributed by atoms with E-state index in [9.17, 15) is 0 Å². The van der Waals surface area contributed by atoms with Crippen LogP contribution in [-0.4, -0.2) is 29.5 Å². The molecular formula is C13H10N6. The number of hydrogen-bond acceptors (Lipinski definition) is 4. The number of pyridine rings is 1. The second-order valence-corrected chi connectivity index (χ2v) is 4.37. The lowest BCUT2D eigenvalue weighted by Gasteiger charge is -1.93. The topological polar surface area (TPSA) is 71.8 Å². The Morgan fingerprint density at radius 2 is 2.11 bits per heavy atom. The van der Waals surface area contributed by atoms with Gasteiger partial charge >= 0.3 is 0 Å². The molecule has 0 atom stereocenters. The summed E-state index contributed by atoms with van der Waals surface area (Å²) >= 11 is 0. The van der Waals surface area contributed by atoms with Gasteiger partial charge in [-0.25, -0.2) is 14.5 Å². The van der Waals surface area contributed by atoms with Crippen LogP contribution in [0.5, 0.6) is 0 Å². The smallest absolute Gasteiger partial charge is 0.178 e. The van der Waals surface area contributed by atoms with E-state index in [1.165, 1.54) is 0 Å². The minimum Gasteiger partial charge on any atom is -0.336 e. The first-order valence-electron chi connectivity index (χ1n) is 5.92. The molecular weight excluding hydrogens is 240 g/mol. The maximum atomic E-state index is 4.52. The molecule has 0 radical (unpaired) electrons. The first-order valence-corrected chi connectivity index (χ1v) is 5.92. The lowest BCUT2D eigenvalue weighted by Crippen LogP contribution is -1.86.